The van der Waals surface area contributed by atoms with Gasteiger partial charge in [-0.3, -0.25) is 14.6 Å². The summed E-state index contributed by atoms with van der Waals surface area (Å²) in [7, 11) is 0. The molecule has 0 aliphatic rings. The Labute approximate surface area is 156 Å². The monoisotopic (exact) mass is 354 g/mol. The molecule has 0 amide bonds. The zero-order valence-corrected chi connectivity index (χ0v) is 14.9. The van der Waals surface area contributed by atoms with Gasteiger partial charge in [0.05, 0.1) is 11.1 Å². The van der Waals surface area contributed by atoms with E-state index in [-0.39, 0.29) is 16.8 Å². The van der Waals surface area contributed by atoms with Crippen LogP contribution in [0.4, 0.5) is 0 Å². The summed E-state index contributed by atoms with van der Waals surface area (Å²) in [6, 6.07) is 19.0. The molecule has 2 aromatic carbocycles. The SMILES string of the molecule is Cc1cccc(Cn2cc(C(=O)c3cccnc3)c(=O)c3ccccc32)c1. The number of carbonyl (C=O) groups excluding carboxylic acids is 1. The van der Waals surface area contributed by atoms with Crippen molar-refractivity contribution in [2.45, 2.75) is 13.5 Å². The fourth-order valence-electron chi connectivity index (χ4n) is 3.30. The molecule has 0 radical (unpaired) electrons. The van der Waals surface area contributed by atoms with E-state index in [1.807, 2.05) is 47.9 Å². The first kappa shape index (κ1) is 16.9. The predicted octanol–water partition coefficient (Wildman–Crippen LogP) is 3.98. The van der Waals surface area contributed by atoms with Gasteiger partial charge in [0.25, 0.3) is 0 Å². The molecule has 0 saturated heterocycles. The lowest BCUT2D eigenvalue weighted by molar-refractivity contribution is 0.103. The largest absolute Gasteiger partial charge is 0.342 e. The van der Waals surface area contributed by atoms with Gasteiger partial charge in [0, 0.05) is 36.1 Å². The maximum Gasteiger partial charge on any atom is 0.200 e. The Hall–Kier alpha value is -3.53. The minimum atomic E-state index is -0.308. The normalized spacial score (nSPS) is 10.9. The van der Waals surface area contributed by atoms with E-state index in [0.29, 0.717) is 17.5 Å². The molecule has 4 heteroatoms. The van der Waals surface area contributed by atoms with Gasteiger partial charge >= 0.3 is 0 Å². The van der Waals surface area contributed by atoms with Crippen LogP contribution in [0.1, 0.15) is 27.0 Å². The zero-order valence-electron chi connectivity index (χ0n) is 14.9. The standard InChI is InChI=1S/C23H18N2O2/c1-16-6-4-7-17(12-16)14-25-15-20(22(26)18-8-5-11-24-13-18)23(27)19-9-2-3-10-21(19)25/h2-13,15H,14H2,1H3. The van der Waals surface area contributed by atoms with E-state index >= 15 is 0 Å². The smallest absolute Gasteiger partial charge is 0.200 e. The number of ketones is 1. The van der Waals surface area contributed by atoms with Crippen LogP contribution >= 0.6 is 0 Å². The maximum atomic E-state index is 12.9. The summed E-state index contributed by atoms with van der Waals surface area (Å²) < 4.78 is 1.97. The molecule has 0 aliphatic heterocycles. The molecular formula is C23H18N2O2. The molecule has 0 atom stereocenters. The van der Waals surface area contributed by atoms with Gasteiger partial charge in [0.1, 0.15) is 0 Å². The third kappa shape index (κ3) is 3.29. The molecule has 0 aliphatic carbocycles. The van der Waals surface area contributed by atoms with Crippen LogP contribution in [0, 0.1) is 6.92 Å². The van der Waals surface area contributed by atoms with Crippen molar-refractivity contribution in [1.82, 2.24) is 9.55 Å². The lowest BCUT2D eigenvalue weighted by atomic mass is 10.0. The van der Waals surface area contributed by atoms with Gasteiger partial charge in [-0.1, -0.05) is 42.0 Å². The van der Waals surface area contributed by atoms with Gasteiger partial charge in [-0.2, -0.15) is 0 Å². The van der Waals surface area contributed by atoms with E-state index in [1.54, 1.807) is 30.6 Å². The maximum absolute atomic E-state index is 12.9. The summed E-state index contributed by atoms with van der Waals surface area (Å²) in [6.07, 6.45) is 4.76. The van der Waals surface area contributed by atoms with Gasteiger partial charge in [0.15, 0.2) is 5.78 Å². The predicted molar refractivity (Wildman–Crippen MR) is 106 cm³/mol. The number of benzene rings is 2. The van der Waals surface area contributed by atoms with Crippen LogP contribution in [0.2, 0.25) is 0 Å². The second-order valence-corrected chi connectivity index (χ2v) is 6.58. The molecule has 4 rings (SSSR count). The van der Waals surface area contributed by atoms with Gasteiger partial charge in [-0.05, 0) is 36.8 Å². The summed E-state index contributed by atoms with van der Waals surface area (Å²) in [5, 5.41) is 0.542. The molecule has 2 aromatic heterocycles. The Bertz CT molecular complexity index is 1190. The first-order valence-electron chi connectivity index (χ1n) is 8.76. The van der Waals surface area contributed by atoms with E-state index in [1.165, 1.54) is 11.8 Å². The Kier molecular flexibility index (Phi) is 4.38. The number of rotatable bonds is 4. The number of carbonyl (C=O) groups is 1. The summed E-state index contributed by atoms with van der Waals surface area (Å²) in [5.41, 5.74) is 3.42. The van der Waals surface area contributed by atoms with Crippen LogP contribution < -0.4 is 5.43 Å². The van der Waals surface area contributed by atoms with Crippen molar-refractivity contribution in [3.63, 3.8) is 0 Å². The van der Waals surface area contributed by atoms with Gasteiger partial charge in [-0.25, -0.2) is 0 Å². The highest BCUT2D eigenvalue weighted by Crippen LogP contribution is 2.16. The molecule has 0 bridgehead atoms. The topological polar surface area (TPSA) is 52.0 Å². The molecule has 4 nitrogen and oxygen atoms in total. The highest BCUT2D eigenvalue weighted by atomic mass is 16.1. The van der Waals surface area contributed by atoms with Crippen molar-refractivity contribution in [2.75, 3.05) is 0 Å². The van der Waals surface area contributed by atoms with Gasteiger partial charge in [0.2, 0.25) is 5.43 Å². The number of para-hydroxylation sites is 1. The molecule has 132 valence electrons. The van der Waals surface area contributed by atoms with Crippen molar-refractivity contribution >= 4 is 16.7 Å². The molecule has 2 heterocycles. The molecule has 0 saturated carbocycles. The van der Waals surface area contributed by atoms with Crippen molar-refractivity contribution in [3.8, 4) is 0 Å². The third-order valence-corrected chi connectivity index (χ3v) is 4.59. The molecule has 0 spiro atoms. The quantitative estimate of drug-likeness (QED) is 0.521. The third-order valence-electron chi connectivity index (χ3n) is 4.59. The summed E-state index contributed by atoms with van der Waals surface area (Å²) >= 11 is 0. The van der Waals surface area contributed by atoms with Crippen LogP contribution in [0.15, 0.2) is 84.0 Å². The van der Waals surface area contributed by atoms with Crippen LogP contribution in [-0.2, 0) is 6.54 Å². The van der Waals surface area contributed by atoms with Crippen molar-refractivity contribution in [1.29, 1.82) is 0 Å². The van der Waals surface area contributed by atoms with Crippen LogP contribution in [0.25, 0.3) is 10.9 Å². The highest BCUT2D eigenvalue weighted by molar-refractivity contribution is 6.09. The van der Waals surface area contributed by atoms with E-state index in [0.717, 1.165) is 11.1 Å². The van der Waals surface area contributed by atoms with Crippen LogP contribution in [-0.4, -0.2) is 15.3 Å². The summed E-state index contributed by atoms with van der Waals surface area (Å²) in [4.78, 5) is 29.9. The number of fused-ring (bicyclic) bond motifs is 1. The number of hydrogen-bond donors (Lipinski definition) is 0. The summed E-state index contributed by atoms with van der Waals surface area (Å²) in [5.74, 6) is -0.308. The van der Waals surface area contributed by atoms with E-state index in [2.05, 4.69) is 11.1 Å². The molecule has 0 unspecified atom stereocenters. The number of aryl methyl sites for hydroxylation is 1. The number of pyridine rings is 2. The number of hydrogen-bond acceptors (Lipinski definition) is 3. The second kappa shape index (κ2) is 7.00. The van der Waals surface area contributed by atoms with E-state index < -0.39 is 0 Å². The van der Waals surface area contributed by atoms with Gasteiger partial charge in [-0.15, -0.1) is 0 Å². The van der Waals surface area contributed by atoms with Crippen LogP contribution in [0.3, 0.4) is 0 Å². The average Bonchev–Trinajstić information content (AvgIpc) is 2.70. The lowest BCUT2D eigenvalue weighted by Crippen LogP contribution is -2.20. The Morgan fingerprint density at radius 2 is 1.89 bits per heavy atom. The summed E-state index contributed by atoms with van der Waals surface area (Å²) in [6.45, 7) is 2.63. The fraction of sp³-hybridized carbons (Fsp3) is 0.0870. The van der Waals surface area contributed by atoms with E-state index in [4.69, 9.17) is 0 Å². The zero-order chi connectivity index (χ0) is 18.8. The highest BCUT2D eigenvalue weighted by Gasteiger charge is 2.17. The van der Waals surface area contributed by atoms with Crippen molar-refractivity contribution in [3.05, 3.63) is 112 Å². The minimum Gasteiger partial charge on any atom is -0.342 e. The Morgan fingerprint density at radius 1 is 1.04 bits per heavy atom. The Morgan fingerprint density at radius 3 is 2.67 bits per heavy atom. The first-order valence-corrected chi connectivity index (χ1v) is 8.76. The molecule has 0 fully saturated rings. The second-order valence-electron chi connectivity index (χ2n) is 6.58. The average molecular weight is 354 g/mol. The van der Waals surface area contributed by atoms with Crippen molar-refractivity contribution in [2.24, 2.45) is 0 Å². The Balaban J connectivity index is 1.89. The number of aromatic nitrogens is 2. The lowest BCUT2D eigenvalue weighted by Gasteiger charge is -2.14. The first-order chi connectivity index (χ1) is 13.1. The molecule has 27 heavy (non-hydrogen) atoms. The van der Waals surface area contributed by atoms with Crippen molar-refractivity contribution < 1.29 is 4.79 Å². The number of nitrogens with zero attached hydrogens (tertiary/aromatic N) is 2. The van der Waals surface area contributed by atoms with Crippen LogP contribution in [0.5, 0.6) is 0 Å². The minimum absolute atomic E-state index is 0.161. The van der Waals surface area contributed by atoms with Gasteiger partial charge < -0.3 is 4.57 Å². The fourth-order valence-corrected chi connectivity index (χ4v) is 3.30. The van der Waals surface area contributed by atoms with E-state index in [9.17, 15) is 9.59 Å². The molecular weight excluding hydrogens is 336 g/mol. The molecule has 4 aromatic rings. The molecule has 0 N–H and O–H groups in total.